The van der Waals surface area contributed by atoms with Gasteiger partial charge >= 0.3 is 6.03 Å². The monoisotopic (exact) mass is 456 g/mol. The van der Waals surface area contributed by atoms with Gasteiger partial charge in [-0.15, -0.1) is 0 Å². The van der Waals surface area contributed by atoms with Gasteiger partial charge in [-0.05, 0) is 56.5 Å². The Balaban J connectivity index is 1.61. The Kier molecular flexibility index (Phi) is 5.20. The van der Waals surface area contributed by atoms with E-state index in [4.69, 9.17) is 0 Å². The summed E-state index contributed by atoms with van der Waals surface area (Å²) < 4.78 is 28.2. The summed E-state index contributed by atoms with van der Waals surface area (Å²) in [6.45, 7) is 5.15. The second-order valence-corrected chi connectivity index (χ2v) is 10.0. The van der Waals surface area contributed by atoms with Crippen LogP contribution in [0.25, 0.3) is 0 Å². The third kappa shape index (κ3) is 3.40. The number of carbonyl (C=O) groups excluding carboxylic acids is 3. The summed E-state index contributed by atoms with van der Waals surface area (Å²) in [5.41, 5.74) is 2.75. The van der Waals surface area contributed by atoms with Crippen LogP contribution < -0.4 is 15.0 Å². The molecule has 0 spiro atoms. The highest BCUT2D eigenvalue weighted by Gasteiger charge is 2.47. The maximum Gasteiger partial charge on any atom is 0.344 e. The van der Waals surface area contributed by atoms with Gasteiger partial charge in [-0.3, -0.25) is 19.3 Å². The predicted molar refractivity (Wildman–Crippen MR) is 117 cm³/mol. The fourth-order valence-corrected chi connectivity index (χ4v) is 5.75. The van der Waals surface area contributed by atoms with Crippen LogP contribution >= 0.6 is 0 Å². The summed E-state index contributed by atoms with van der Waals surface area (Å²) in [6, 6.07) is 11.8. The number of hydrogen-bond acceptors (Lipinski definition) is 5. The van der Waals surface area contributed by atoms with Crippen LogP contribution in [-0.2, 0) is 21.2 Å². The molecular weight excluding hydrogens is 432 g/mol. The molecule has 9 nitrogen and oxygen atoms in total. The molecule has 1 saturated heterocycles. The van der Waals surface area contributed by atoms with E-state index in [0.717, 1.165) is 5.56 Å². The van der Waals surface area contributed by atoms with E-state index in [-0.39, 0.29) is 16.5 Å². The summed E-state index contributed by atoms with van der Waals surface area (Å²) in [5, 5.41) is 3.17. The highest BCUT2D eigenvalue weighted by molar-refractivity contribution is 7.92. The molecule has 2 atom stereocenters. The van der Waals surface area contributed by atoms with E-state index in [1.165, 1.54) is 28.6 Å². The molecule has 2 aromatic rings. The number of imide groups is 1. The van der Waals surface area contributed by atoms with Gasteiger partial charge in [0.15, 0.2) is 0 Å². The number of carbonyl (C=O) groups is 3. The molecule has 0 saturated carbocycles. The number of hydrazine groups is 1. The van der Waals surface area contributed by atoms with E-state index in [1.807, 2.05) is 19.1 Å². The van der Waals surface area contributed by atoms with Crippen molar-refractivity contribution in [3.63, 3.8) is 0 Å². The zero-order valence-electron chi connectivity index (χ0n) is 18.0. The first-order valence-electron chi connectivity index (χ1n) is 10.3. The predicted octanol–water partition coefficient (Wildman–Crippen LogP) is 2.19. The normalized spacial score (nSPS) is 22.7. The number of fused-ring (bicyclic) bond motifs is 1. The van der Waals surface area contributed by atoms with Crippen LogP contribution in [0.5, 0.6) is 0 Å². The molecule has 0 bridgehead atoms. The lowest BCUT2D eigenvalue weighted by Crippen LogP contribution is -2.48. The summed E-state index contributed by atoms with van der Waals surface area (Å²) in [6.07, 6.45) is 0.950. The van der Waals surface area contributed by atoms with Crippen molar-refractivity contribution in [2.24, 2.45) is 0 Å². The largest absolute Gasteiger partial charge is 0.344 e. The van der Waals surface area contributed by atoms with Crippen molar-refractivity contribution in [3.05, 3.63) is 59.7 Å². The van der Waals surface area contributed by atoms with Crippen LogP contribution in [0.4, 0.5) is 10.5 Å². The van der Waals surface area contributed by atoms with Gasteiger partial charge in [0, 0.05) is 11.6 Å². The molecule has 2 aliphatic rings. The summed E-state index contributed by atoms with van der Waals surface area (Å²) >= 11 is 0. The van der Waals surface area contributed by atoms with E-state index >= 15 is 0 Å². The molecule has 2 aromatic carbocycles. The van der Waals surface area contributed by atoms with Gasteiger partial charge in [0.25, 0.3) is 21.8 Å². The number of para-hydroxylation sites is 1. The third-order valence-corrected chi connectivity index (χ3v) is 7.90. The Bertz CT molecular complexity index is 1230. The lowest BCUT2D eigenvalue weighted by Gasteiger charge is -2.24. The Hall–Kier alpha value is -3.40. The molecular formula is C22H24N4O5S. The zero-order valence-corrected chi connectivity index (χ0v) is 18.8. The number of hydrogen-bond donors (Lipinski definition) is 2. The van der Waals surface area contributed by atoms with Crippen molar-refractivity contribution in [3.8, 4) is 0 Å². The summed E-state index contributed by atoms with van der Waals surface area (Å²) in [7, 11) is -3.94. The first-order chi connectivity index (χ1) is 15.1. The second kappa shape index (κ2) is 7.63. The van der Waals surface area contributed by atoms with Crippen LogP contribution in [-0.4, -0.2) is 42.9 Å². The average Bonchev–Trinajstić information content (AvgIpc) is 3.22. The zero-order chi connectivity index (χ0) is 23.3. The number of sulfonamides is 1. The van der Waals surface area contributed by atoms with Crippen molar-refractivity contribution >= 4 is 33.6 Å². The highest BCUT2D eigenvalue weighted by Crippen LogP contribution is 2.36. The maximum absolute atomic E-state index is 13.4. The van der Waals surface area contributed by atoms with Crippen molar-refractivity contribution in [2.75, 3.05) is 4.31 Å². The topological polar surface area (TPSA) is 116 Å². The first-order valence-corrected chi connectivity index (χ1v) is 11.7. The van der Waals surface area contributed by atoms with Crippen LogP contribution in [0.15, 0.2) is 53.4 Å². The third-order valence-electron chi connectivity index (χ3n) is 5.98. The Labute approximate surface area is 186 Å². The van der Waals surface area contributed by atoms with Gasteiger partial charge in [0.1, 0.15) is 5.54 Å². The standard InChI is InChI=1S/C22H24N4O5S/c1-4-22(3)20(28)25(21(29)23-22)24-19(27)16-9-7-10-17(13-16)32(30,31)26-14(2)12-15-8-5-6-11-18(15)26/h5-11,13-14H,4,12H2,1-3H3,(H,23,29)(H,24,27)/t14-,22-/m0/s1. The number of rotatable bonds is 5. The molecule has 0 unspecified atom stereocenters. The van der Waals surface area contributed by atoms with Gasteiger partial charge in [0.05, 0.1) is 10.6 Å². The Morgan fingerprint density at radius 1 is 1.19 bits per heavy atom. The molecule has 2 aliphatic heterocycles. The average molecular weight is 457 g/mol. The smallest absolute Gasteiger partial charge is 0.322 e. The van der Waals surface area contributed by atoms with Crippen LogP contribution in [0.2, 0.25) is 0 Å². The number of nitrogens with zero attached hydrogens (tertiary/aromatic N) is 2. The van der Waals surface area contributed by atoms with E-state index in [0.29, 0.717) is 23.5 Å². The number of anilines is 1. The number of benzene rings is 2. The molecule has 0 radical (unpaired) electrons. The molecule has 32 heavy (non-hydrogen) atoms. The van der Waals surface area contributed by atoms with E-state index < -0.39 is 33.4 Å². The molecule has 1 fully saturated rings. The minimum atomic E-state index is -3.94. The minimum absolute atomic E-state index is 0.0110. The van der Waals surface area contributed by atoms with Crippen LogP contribution in [0, 0.1) is 0 Å². The number of nitrogens with one attached hydrogen (secondary N) is 2. The van der Waals surface area contributed by atoms with Crippen LogP contribution in [0.1, 0.15) is 43.1 Å². The molecule has 4 amide bonds. The van der Waals surface area contributed by atoms with Crippen molar-refractivity contribution in [2.45, 2.75) is 50.1 Å². The summed E-state index contributed by atoms with van der Waals surface area (Å²) in [4.78, 5) is 37.4. The quantitative estimate of drug-likeness (QED) is 0.669. The van der Waals surface area contributed by atoms with E-state index in [9.17, 15) is 22.8 Å². The summed E-state index contributed by atoms with van der Waals surface area (Å²) in [5.74, 6) is -1.34. The number of amides is 4. The Morgan fingerprint density at radius 3 is 2.59 bits per heavy atom. The van der Waals surface area contributed by atoms with Crippen molar-refractivity contribution in [1.29, 1.82) is 0 Å². The van der Waals surface area contributed by atoms with E-state index in [1.54, 1.807) is 26.0 Å². The van der Waals surface area contributed by atoms with Gasteiger partial charge in [-0.2, -0.15) is 5.01 Å². The van der Waals surface area contributed by atoms with Gasteiger partial charge < -0.3 is 5.32 Å². The molecule has 0 aromatic heterocycles. The highest BCUT2D eigenvalue weighted by atomic mass is 32.2. The van der Waals surface area contributed by atoms with Gasteiger partial charge in [-0.1, -0.05) is 31.2 Å². The van der Waals surface area contributed by atoms with Crippen molar-refractivity contribution in [1.82, 2.24) is 15.8 Å². The molecule has 2 N–H and O–H groups in total. The molecule has 2 heterocycles. The fraction of sp³-hybridized carbons (Fsp3) is 0.318. The SMILES string of the molecule is CC[C@]1(C)NC(=O)N(NC(=O)c2cccc(S(=O)(=O)N3c4ccccc4C[C@@H]3C)c2)C1=O. The maximum atomic E-state index is 13.4. The lowest BCUT2D eigenvalue weighted by atomic mass is 10.00. The molecule has 10 heteroatoms. The minimum Gasteiger partial charge on any atom is -0.322 e. The second-order valence-electron chi connectivity index (χ2n) is 8.21. The Morgan fingerprint density at radius 2 is 1.91 bits per heavy atom. The van der Waals surface area contributed by atoms with Gasteiger partial charge in [-0.25, -0.2) is 13.2 Å². The number of urea groups is 1. The van der Waals surface area contributed by atoms with Crippen molar-refractivity contribution < 1.29 is 22.8 Å². The van der Waals surface area contributed by atoms with Crippen LogP contribution in [0.3, 0.4) is 0 Å². The molecule has 4 rings (SSSR count). The molecule has 168 valence electrons. The molecule has 0 aliphatic carbocycles. The fourth-order valence-electron chi connectivity index (χ4n) is 4.01. The lowest BCUT2D eigenvalue weighted by molar-refractivity contribution is -0.132. The van der Waals surface area contributed by atoms with Gasteiger partial charge in [0.2, 0.25) is 0 Å². The first kappa shape index (κ1) is 21.8. The van der Waals surface area contributed by atoms with E-state index in [2.05, 4.69) is 10.7 Å².